The summed E-state index contributed by atoms with van der Waals surface area (Å²) in [7, 11) is 0. The predicted octanol–water partition coefficient (Wildman–Crippen LogP) is 2.54. The Hall–Kier alpha value is -0.560. The standard InChI is InChI=1S/C10H16O/c1-8(2)4-5-10-6-9(3)7-11-10/h4-5,9-10H,1,6-7H2,2-3H3/b5-4+/t9-,10+/m1/s1. The molecule has 1 saturated heterocycles. The van der Waals surface area contributed by atoms with Crippen molar-refractivity contribution < 1.29 is 4.74 Å². The molecule has 1 heteroatoms. The molecule has 1 fully saturated rings. The average Bonchev–Trinajstić information content (AvgIpc) is 2.31. The van der Waals surface area contributed by atoms with Gasteiger partial charge in [0.25, 0.3) is 0 Å². The van der Waals surface area contributed by atoms with Crippen LogP contribution in [0.4, 0.5) is 0 Å². The third-order valence-corrected chi connectivity index (χ3v) is 1.82. The highest BCUT2D eigenvalue weighted by molar-refractivity contribution is 5.13. The van der Waals surface area contributed by atoms with E-state index < -0.39 is 0 Å². The van der Waals surface area contributed by atoms with E-state index in [4.69, 9.17) is 4.74 Å². The monoisotopic (exact) mass is 152 g/mol. The molecule has 0 aromatic heterocycles. The minimum atomic E-state index is 0.335. The molecule has 0 aromatic rings. The highest BCUT2D eigenvalue weighted by Gasteiger charge is 2.18. The topological polar surface area (TPSA) is 9.23 Å². The smallest absolute Gasteiger partial charge is 0.0762 e. The first kappa shape index (κ1) is 8.54. The van der Waals surface area contributed by atoms with Crippen LogP contribution in [0.2, 0.25) is 0 Å². The van der Waals surface area contributed by atoms with Crippen LogP contribution in [0, 0.1) is 5.92 Å². The third-order valence-electron chi connectivity index (χ3n) is 1.82. The lowest BCUT2D eigenvalue weighted by atomic mass is 10.1. The summed E-state index contributed by atoms with van der Waals surface area (Å²) in [5, 5.41) is 0. The number of rotatable bonds is 2. The molecule has 0 N–H and O–H groups in total. The number of allylic oxidation sites excluding steroid dienone is 2. The lowest BCUT2D eigenvalue weighted by Gasteiger charge is -2.00. The summed E-state index contributed by atoms with van der Waals surface area (Å²) in [5.41, 5.74) is 1.09. The van der Waals surface area contributed by atoms with Gasteiger partial charge in [-0.05, 0) is 19.3 Å². The predicted molar refractivity (Wildman–Crippen MR) is 47.5 cm³/mol. The minimum Gasteiger partial charge on any atom is -0.374 e. The van der Waals surface area contributed by atoms with Gasteiger partial charge >= 0.3 is 0 Å². The van der Waals surface area contributed by atoms with Gasteiger partial charge in [-0.2, -0.15) is 0 Å². The summed E-state index contributed by atoms with van der Waals surface area (Å²) in [6.07, 6.45) is 5.62. The van der Waals surface area contributed by atoms with E-state index in [-0.39, 0.29) is 0 Å². The Morgan fingerprint density at radius 3 is 2.82 bits per heavy atom. The van der Waals surface area contributed by atoms with Gasteiger partial charge in [-0.1, -0.05) is 31.2 Å². The second-order valence-electron chi connectivity index (χ2n) is 3.42. The van der Waals surface area contributed by atoms with Crippen molar-refractivity contribution in [1.29, 1.82) is 0 Å². The van der Waals surface area contributed by atoms with Gasteiger partial charge in [-0.3, -0.25) is 0 Å². The summed E-state index contributed by atoms with van der Waals surface area (Å²) < 4.78 is 5.49. The fourth-order valence-corrected chi connectivity index (χ4v) is 1.23. The van der Waals surface area contributed by atoms with Crippen molar-refractivity contribution in [2.75, 3.05) is 6.61 Å². The van der Waals surface area contributed by atoms with Gasteiger partial charge in [0.15, 0.2) is 0 Å². The quantitative estimate of drug-likeness (QED) is 0.552. The number of hydrogen-bond donors (Lipinski definition) is 0. The maximum Gasteiger partial charge on any atom is 0.0762 e. The molecule has 1 heterocycles. The van der Waals surface area contributed by atoms with Crippen molar-refractivity contribution in [3.05, 3.63) is 24.3 Å². The molecule has 0 amide bonds. The van der Waals surface area contributed by atoms with Crippen LogP contribution in [0.15, 0.2) is 24.3 Å². The van der Waals surface area contributed by atoms with Crippen molar-refractivity contribution >= 4 is 0 Å². The van der Waals surface area contributed by atoms with Gasteiger partial charge < -0.3 is 4.74 Å². The molecule has 1 aliphatic rings. The summed E-state index contributed by atoms with van der Waals surface area (Å²) in [6, 6.07) is 0. The zero-order valence-electron chi connectivity index (χ0n) is 7.34. The van der Waals surface area contributed by atoms with Crippen LogP contribution in [0.25, 0.3) is 0 Å². The Labute approximate surface area is 68.8 Å². The van der Waals surface area contributed by atoms with Crippen LogP contribution in [0.3, 0.4) is 0 Å². The Morgan fingerprint density at radius 1 is 1.64 bits per heavy atom. The summed E-state index contributed by atoms with van der Waals surface area (Å²) in [5.74, 6) is 0.717. The molecule has 62 valence electrons. The van der Waals surface area contributed by atoms with Crippen LogP contribution in [-0.2, 0) is 4.74 Å². The van der Waals surface area contributed by atoms with E-state index in [1.165, 1.54) is 0 Å². The summed E-state index contributed by atoms with van der Waals surface area (Å²) in [4.78, 5) is 0. The molecular weight excluding hydrogens is 136 g/mol. The Bertz CT molecular complexity index is 170. The van der Waals surface area contributed by atoms with E-state index in [2.05, 4.69) is 19.6 Å². The van der Waals surface area contributed by atoms with Crippen LogP contribution in [0.5, 0.6) is 0 Å². The maximum absolute atomic E-state index is 5.49. The Morgan fingerprint density at radius 2 is 2.36 bits per heavy atom. The molecule has 0 aromatic carbocycles. The fourth-order valence-electron chi connectivity index (χ4n) is 1.23. The Balaban J connectivity index is 2.33. The van der Waals surface area contributed by atoms with Gasteiger partial charge in [0.05, 0.1) is 12.7 Å². The molecule has 0 aliphatic carbocycles. The second kappa shape index (κ2) is 3.72. The average molecular weight is 152 g/mol. The van der Waals surface area contributed by atoms with E-state index >= 15 is 0 Å². The zero-order chi connectivity index (χ0) is 8.27. The number of hydrogen-bond acceptors (Lipinski definition) is 1. The molecule has 0 radical (unpaired) electrons. The lowest BCUT2D eigenvalue weighted by Crippen LogP contribution is -1.98. The van der Waals surface area contributed by atoms with Crippen molar-refractivity contribution in [3.8, 4) is 0 Å². The summed E-state index contributed by atoms with van der Waals surface area (Å²) >= 11 is 0. The van der Waals surface area contributed by atoms with Gasteiger partial charge in [0, 0.05) is 0 Å². The lowest BCUT2D eigenvalue weighted by molar-refractivity contribution is 0.140. The molecule has 0 spiro atoms. The fraction of sp³-hybridized carbons (Fsp3) is 0.600. The van der Waals surface area contributed by atoms with Gasteiger partial charge in [-0.15, -0.1) is 0 Å². The van der Waals surface area contributed by atoms with Crippen LogP contribution in [-0.4, -0.2) is 12.7 Å². The maximum atomic E-state index is 5.49. The second-order valence-corrected chi connectivity index (χ2v) is 3.42. The van der Waals surface area contributed by atoms with Gasteiger partial charge in [0.1, 0.15) is 0 Å². The normalized spacial score (nSPS) is 31.5. The molecule has 0 saturated carbocycles. The van der Waals surface area contributed by atoms with Crippen LogP contribution in [0.1, 0.15) is 20.3 Å². The zero-order valence-corrected chi connectivity index (χ0v) is 7.34. The number of ether oxygens (including phenoxy) is 1. The van der Waals surface area contributed by atoms with E-state index in [0.717, 1.165) is 24.5 Å². The Kier molecular flexibility index (Phi) is 2.89. The van der Waals surface area contributed by atoms with Crippen LogP contribution >= 0.6 is 0 Å². The largest absolute Gasteiger partial charge is 0.374 e. The molecule has 0 bridgehead atoms. The van der Waals surface area contributed by atoms with Crippen molar-refractivity contribution in [3.63, 3.8) is 0 Å². The highest BCUT2D eigenvalue weighted by Crippen LogP contribution is 2.19. The first-order valence-electron chi connectivity index (χ1n) is 4.14. The van der Waals surface area contributed by atoms with Crippen molar-refractivity contribution in [1.82, 2.24) is 0 Å². The molecule has 11 heavy (non-hydrogen) atoms. The van der Waals surface area contributed by atoms with Crippen molar-refractivity contribution in [2.24, 2.45) is 5.92 Å². The third kappa shape index (κ3) is 2.89. The van der Waals surface area contributed by atoms with E-state index in [9.17, 15) is 0 Å². The van der Waals surface area contributed by atoms with Crippen molar-refractivity contribution in [2.45, 2.75) is 26.4 Å². The minimum absolute atomic E-state index is 0.335. The van der Waals surface area contributed by atoms with E-state index in [1.54, 1.807) is 0 Å². The summed E-state index contributed by atoms with van der Waals surface area (Å²) in [6.45, 7) is 8.91. The molecule has 0 unspecified atom stereocenters. The van der Waals surface area contributed by atoms with Gasteiger partial charge in [0.2, 0.25) is 0 Å². The molecule has 2 atom stereocenters. The van der Waals surface area contributed by atoms with Crippen LogP contribution < -0.4 is 0 Å². The SMILES string of the molecule is C=C(C)/C=C/[C@H]1C[C@@H](C)CO1. The van der Waals surface area contributed by atoms with Gasteiger partial charge in [-0.25, -0.2) is 0 Å². The first-order valence-corrected chi connectivity index (χ1v) is 4.14. The molecular formula is C10H16O. The van der Waals surface area contributed by atoms with E-state index in [0.29, 0.717) is 6.10 Å². The highest BCUT2D eigenvalue weighted by atomic mass is 16.5. The van der Waals surface area contributed by atoms with E-state index in [1.807, 2.05) is 13.0 Å². The molecule has 1 rings (SSSR count). The molecule has 1 aliphatic heterocycles. The molecule has 1 nitrogen and oxygen atoms in total. The first-order chi connectivity index (χ1) is 5.18.